The van der Waals surface area contributed by atoms with E-state index in [4.69, 9.17) is 22.1 Å². The number of sulfonamides is 1. The summed E-state index contributed by atoms with van der Waals surface area (Å²) in [6, 6.07) is 4.37. The molecule has 1 aliphatic heterocycles. The number of hydrogen-bond acceptors (Lipinski definition) is 4. The second-order valence-corrected chi connectivity index (χ2v) is 6.91. The van der Waals surface area contributed by atoms with Crippen molar-refractivity contribution in [1.29, 1.82) is 0 Å². The number of nitrogens with two attached hydrogens (primary N) is 1. The Kier molecular flexibility index (Phi) is 4.35. The largest absolute Gasteiger partial charge is 0.495 e. The van der Waals surface area contributed by atoms with Crippen molar-refractivity contribution < 1.29 is 13.2 Å². The Morgan fingerprint density at radius 3 is 2.79 bits per heavy atom. The molecule has 106 valence electrons. The topological polar surface area (TPSA) is 72.6 Å². The van der Waals surface area contributed by atoms with E-state index in [0.717, 1.165) is 12.8 Å². The van der Waals surface area contributed by atoms with E-state index in [2.05, 4.69) is 0 Å². The molecule has 1 heterocycles. The Balaban J connectivity index is 2.31. The lowest BCUT2D eigenvalue weighted by atomic mass is 10.1. The number of rotatable bonds is 3. The quantitative estimate of drug-likeness (QED) is 0.917. The van der Waals surface area contributed by atoms with Crippen LogP contribution in [-0.4, -0.2) is 39.0 Å². The third-order valence-corrected chi connectivity index (χ3v) is 5.34. The highest BCUT2D eigenvalue weighted by Gasteiger charge is 2.29. The SMILES string of the molecule is COc1ccc(S(=O)(=O)N2CCCC(N)C2)cc1Cl. The monoisotopic (exact) mass is 304 g/mol. The van der Waals surface area contributed by atoms with Crippen molar-refractivity contribution in [3.8, 4) is 5.75 Å². The molecule has 2 rings (SSSR count). The van der Waals surface area contributed by atoms with Gasteiger partial charge < -0.3 is 10.5 Å². The van der Waals surface area contributed by atoms with Gasteiger partial charge in [0.2, 0.25) is 10.0 Å². The first-order valence-corrected chi connectivity index (χ1v) is 7.86. The summed E-state index contributed by atoms with van der Waals surface area (Å²) in [5.41, 5.74) is 5.82. The number of benzene rings is 1. The van der Waals surface area contributed by atoms with Crippen molar-refractivity contribution in [2.75, 3.05) is 20.2 Å². The molecule has 0 saturated carbocycles. The van der Waals surface area contributed by atoms with Crippen LogP contribution in [-0.2, 0) is 10.0 Å². The van der Waals surface area contributed by atoms with Crippen molar-refractivity contribution in [3.05, 3.63) is 23.2 Å². The van der Waals surface area contributed by atoms with Crippen LogP contribution in [0.1, 0.15) is 12.8 Å². The maximum Gasteiger partial charge on any atom is 0.243 e. The van der Waals surface area contributed by atoms with Crippen LogP contribution in [0.5, 0.6) is 5.75 Å². The molecule has 0 radical (unpaired) electrons. The van der Waals surface area contributed by atoms with E-state index in [1.807, 2.05) is 0 Å². The number of piperidine rings is 1. The molecule has 0 spiro atoms. The van der Waals surface area contributed by atoms with Crippen LogP contribution in [0.15, 0.2) is 23.1 Å². The van der Waals surface area contributed by atoms with Gasteiger partial charge in [0, 0.05) is 19.1 Å². The maximum absolute atomic E-state index is 12.5. The van der Waals surface area contributed by atoms with Crippen molar-refractivity contribution in [2.24, 2.45) is 5.73 Å². The minimum Gasteiger partial charge on any atom is -0.495 e. The molecule has 7 heteroatoms. The zero-order chi connectivity index (χ0) is 14.0. The summed E-state index contributed by atoms with van der Waals surface area (Å²) in [5, 5.41) is 0.282. The summed E-state index contributed by atoms with van der Waals surface area (Å²) < 4.78 is 31.3. The molecule has 2 N–H and O–H groups in total. The van der Waals surface area contributed by atoms with E-state index in [1.54, 1.807) is 6.07 Å². The van der Waals surface area contributed by atoms with Crippen LogP contribution >= 0.6 is 11.6 Å². The molecule has 1 unspecified atom stereocenters. The summed E-state index contributed by atoms with van der Waals surface area (Å²) in [4.78, 5) is 0.174. The highest BCUT2D eigenvalue weighted by Crippen LogP contribution is 2.29. The summed E-state index contributed by atoms with van der Waals surface area (Å²) in [6.07, 6.45) is 1.64. The zero-order valence-corrected chi connectivity index (χ0v) is 12.2. The normalized spacial score (nSPS) is 21.3. The minimum absolute atomic E-state index is 0.0998. The Morgan fingerprint density at radius 2 is 2.21 bits per heavy atom. The van der Waals surface area contributed by atoms with Gasteiger partial charge in [0.25, 0.3) is 0 Å². The fourth-order valence-electron chi connectivity index (χ4n) is 2.15. The van der Waals surface area contributed by atoms with Gasteiger partial charge in [0.1, 0.15) is 5.75 Å². The van der Waals surface area contributed by atoms with Crippen LogP contribution < -0.4 is 10.5 Å². The van der Waals surface area contributed by atoms with Crippen LogP contribution in [0, 0.1) is 0 Å². The average Bonchev–Trinajstić information content (AvgIpc) is 2.38. The average molecular weight is 305 g/mol. The maximum atomic E-state index is 12.5. The second kappa shape index (κ2) is 5.66. The fourth-order valence-corrected chi connectivity index (χ4v) is 4.03. The fraction of sp³-hybridized carbons (Fsp3) is 0.500. The Labute approximate surface area is 118 Å². The summed E-state index contributed by atoms with van der Waals surface area (Å²) in [7, 11) is -2.04. The molecule has 0 aromatic heterocycles. The lowest BCUT2D eigenvalue weighted by molar-refractivity contribution is 0.316. The van der Waals surface area contributed by atoms with E-state index in [-0.39, 0.29) is 16.0 Å². The van der Waals surface area contributed by atoms with Crippen LogP contribution in [0.4, 0.5) is 0 Å². The van der Waals surface area contributed by atoms with Gasteiger partial charge in [-0.3, -0.25) is 0 Å². The predicted octanol–water partition coefficient (Wildman–Crippen LogP) is 1.46. The summed E-state index contributed by atoms with van der Waals surface area (Å²) >= 11 is 5.97. The van der Waals surface area contributed by atoms with Crippen LogP contribution in [0.3, 0.4) is 0 Å². The van der Waals surface area contributed by atoms with Crippen molar-refractivity contribution in [1.82, 2.24) is 4.31 Å². The molecule has 1 aromatic rings. The molecule has 1 aromatic carbocycles. The highest BCUT2D eigenvalue weighted by atomic mass is 35.5. The number of nitrogens with zero attached hydrogens (tertiary/aromatic N) is 1. The lowest BCUT2D eigenvalue weighted by Crippen LogP contribution is -2.45. The third-order valence-electron chi connectivity index (χ3n) is 3.18. The number of hydrogen-bond donors (Lipinski definition) is 1. The molecule has 5 nitrogen and oxygen atoms in total. The van der Waals surface area contributed by atoms with Crippen molar-refractivity contribution >= 4 is 21.6 Å². The van der Waals surface area contributed by atoms with Gasteiger partial charge in [-0.15, -0.1) is 0 Å². The molecular weight excluding hydrogens is 288 g/mol. The molecule has 0 amide bonds. The van der Waals surface area contributed by atoms with Crippen LogP contribution in [0.25, 0.3) is 0 Å². The van der Waals surface area contributed by atoms with E-state index < -0.39 is 10.0 Å². The predicted molar refractivity (Wildman–Crippen MR) is 74.0 cm³/mol. The molecular formula is C12H17ClN2O3S. The molecule has 19 heavy (non-hydrogen) atoms. The van der Waals surface area contributed by atoms with Gasteiger partial charge in [-0.1, -0.05) is 11.6 Å². The Bertz CT molecular complexity index is 562. The van der Waals surface area contributed by atoms with Gasteiger partial charge >= 0.3 is 0 Å². The summed E-state index contributed by atoms with van der Waals surface area (Å²) in [6.45, 7) is 0.853. The third kappa shape index (κ3) is 3.02. The van der Waals surface area contributed by atoms with E-state index in [0.29, 0.717) is 18.8 Å². The molecule has 1 saturated heterocycles. The van der Waals surface area contributed by atoms with E-state index >= 15 is 0 Å². The molecule has 0 bridgehead atoms. The Morgan fingerprint density at radius 1 is 1.47 bits per heavy atom. The molecule has 1 aliphatic rings. The molecule has 1 fully saturated rings. The smallest absolute Gasteiger partial charge is 0.243 e. The standard InChI is InChI=1S/C12H17ClN2O3S/c1-18-12-5-4-10(7-11(12)13)19(16,17)15-6-2-3-9(14)8-15/h4-5,7,9H,2-3,6,8,14H2,1H3. The minimum atomic E-state index is -3.53. The first-order chi connectivity index (χ1) is 8.95. The van der Waals surface area contributed by atoms with Gasteiger partial charge in [-0.05, 0) is 31.0 Å². The van der Waals surface area contributed by atoms with Gasteiger partial charge in [-0.25, -0.2) is 8.42 Å². The first kappa shape index (κ1) is 14.6. The Hall–Kier alpha value is -0.820. The van der Waals surface area contributed by atoms with Gasteiger partial charge in [0.15, 0.2) is 0 Å². The van der Waals surface area contributed by atoms with Crippen molar-refractivity contribution in [3.63, 3.8) is 0 Å². The molecule has 1 atom stereocenters. The first-order valence-electron chi connectivity index (χ1n) is 6.04. The number of methoxy groups -OCH3 is 1. The van der Waals surface area contributed by atoms with Crippen molar-refractivity contribution in [2.45, 2.75) is 23.8 Å². The zero-order valence-electron chi connectivity index (χ0n) is 10.7. The molecule has 0 aliphatic carbocycles. The summed E-state index contributed by atoms with van der Waals surface area (Å²) in [5.74, 6) is 0.455. The van der Waals surface area contributed by atoms with Gasteiger partial charge in [-0.2, -0.15) is 4.31 Å². The highest BCUT2D eigenvalue weighted by molar-refractivity contribution is 7.89. The van der Waals surface area contributed by atoms with E-state index in [9.17, 15) is 8.42 Å². The number of halogens is 1. The van der Waals surface area contributed by atoms with E-state index in [1.165, 1.54) is 23.5 Å². The van der Waals surface area contributed by atoms with Gasteiger partial charge in [0.05, 0.1) is 17.0 Å². The number of ether oxygens (including phenoxy) is 1. The van der Waals surface area contributed by atoms with Crippen LogP contribution in [0.2, 0.25) is 5.02 Å². The second-order valence-electron chi connectivity index (χ2n) is 4.56. The lowest BCUT2D eigenvalue weighted by Gasteiger charge is -2.29.